The summed E-state index contributed by atoms with van der Waals surface area (Å²) in [6.07, 6.45) is 0.739. The molecule has 94 valence electrons. The van der Waals surface area contributed by atoms with Gasteiger partial charge in [-0.25, -0.2) is 9.18 Å². The average Bonchev–Trinajstić information content (AvgIpc) is 2.28. The van der Waals surface area contributed by atoms with Crippen molar-refractivity contribution in [3.63, 3.8) is 0 Å². The molecule has 1 aromatic rings. The lowest BCUT2D eigenvalue weighted by Gasteiger charge is -2.09. The molecule has 0 spiro atoms. The highest BCUT2D eigenvalue weighted by molar-refractivity contribution is 5.94. The first-order valence-corrected chi connectivity index (χ1v) is 5.50. The van der Waals surface area contributed by atoms with Gasteiger partial charge in [-0.2, -0.15) is 0 Å². The Balaban J connectivity index is 2.58. The number of hydrogen-bond acceptors (Lipinski definition) is 3. The Morgan fingerprint density at radius 3 is 2.94 bits per heavy atom. The van der Waals surface area contributed by atoms with Gasteiger partial charge in [0, 0.05) is 19.8 Å². The number of benzene rings is 1. The first-order valence-electron chi connectivity index (χ1n) is 5.50. The van der Waals surface area contributed by atoms with E-state index in [0.29, 0.717) is 25.4 Å². The van der Waals surface area contributed by atoms with Crippen molar-refractivity contribution in [3.8, 4) is 0 Å². The SMILES string of the molecule is CCOCCCNc1cccc(F)c1C(=O)O. The van der Waals surface area contributed by atoms with Gasteiger partial charge in [0.25, 0.3) is 0 Å². The maximum Gasteiger partial charge on any atom is 0.340 e. The van der Waals surface area contributed by atoms with Crippen LogP contribution in [0.2, 0.25) is 0 Å². The lowest BCUT2D eigenvalue weighted by molar-refractivity contribution is 0.0693. The predicted octanol–water partition coefficient (Wildman–Crippen LogP) is 2.36. The van der Waals surface area contributed by atoms with Gasteiger partial charge in [0.1, 0.15) is 11.4 Å². The Morgan fingerprint density at radius 1 is 1.53 bits per heavy atom. The fourth-order valence-electron chi connectivity index (χ4n) is 1.43. The summed E-state index contributed by atoms with van der Waals surface area (Å²) >= 11 is 0. The van der Waals surface area contributed by atoms with Crippen molar-refractivity contribution in [2.75, 3.05) is 25.1 Å². The Bertz CT molecular complexity index is 382. The normalized spacial score (nSPS) is 10.2. The van der Waals surface area contributed by atoms with Gasteiger partial charge >= 0.3 is 5.97 Å². The maximum absolute atomic E-state index is 13.3. The van der Waals surface area contributed by atoms with E-state index in [4.69, 9.17) is 9.84 Å². The predicted molar refractivity (Wildman–Crippen MR) is 63.0 cm³/mol. The number of ether oxygens (including phenoxy) is 1. The van der Waals surface area contributed by atoms with Gasteiger partial charge in [-0.1, -0.05) is 6.07 Å². The van der Waals surface area contributed by atoms with E-state index in [9.17, 15) is 9.18 Å². The third kappa shape index (κ3) is 4.03. The number of rotatable bonds is 7. The number of nitrogens with one attached hydrogen (secondary N) is 1. The molecule has 0 saturated heterocycles. The van der Waals surface area contributed by atoms with E-state index >= 15 is 0 Å². The van der Waals surface area contributed by atoms with Crippen molar-refractivity contribution in [1.82, 2.24) is 0 Å². The summed E-state index contributed by atoms with van der Waals surface area (Å²) in [5, 5.41) is 11.8. The Labute approximate surface area is 99.4 Å². The molecule has 0 aliphatic rings. The lowest BCUT2D eigenvalue weighted by Crippen LogP contribution is -2.11. The molecule has 0 aromatic heterocycles. The summed E-state index contributed by atoms with van der Waals surface area (Å²) in [5.41, 5.74) is -0.0158. The topological polar surface area (TPSA) is 58.6 Å². The van der Waals surface area contributed by atoms with Crippen molar-refractivity contribution in [3.05, 3.63) is 29.6 Å². The molecule has 0 saturated carbocycles. The molecule has 4 nitrogen and oxygen atoms in total. The summed E-state index contributed by atoms with van der Waals surface area (Å²) in [6, 6.07) is 4.16. The maximum atomic E-state index is 13.3. The number of aromatic carboxylic acids is 1. The molecular weight excluding hydrogens is 225 g/mol. The van der Waals surface area contributed by atoms with Crippen LogP contribution in [0.25, 0.3) is 0 Å². The second kappa shape index (κ2) is 6.85. The molecule has 0 bridgehead atoms. The van der Waals surface area contributed by atoms with Gasteiger partial charge in [0.15, 0.2) is 0 Å². The third-order valence-corrected chi connectivity index (χ3v) is 2.21. The first-order chi connectivity index (χ1) is 8.16. The van der Waals surface area contributed by atoms with Gasteiger partial charge in [-0.15, -0.1) is 0 Å². The van der Waals surface area contributed by atoms with Gasteiger partial charge in [0.05, 0.1) is 5.69 Å². The second-order valence-corrected chi connectivity index (χ2v) is 3.44. The third-order valence-electron chi connectivity index (χ3n) is 2.21. The molecule has 0 heterocycles. The zero-order chi connectivity index (χ0) is 12.7. The van der Waals surface area contributed by atoms with Gasteiger partial charge in [-0.05, 0) is 25.5 Å². The smallest absolute Gasteiger partial charge is 0.340 e. The van der Waals surface area contributed by atoms with E-state index in [-0.39, 0.29) is 5.56 Å². The molecule has 0 amide bonds. The van der Waals surface area contributed by atoms with E-state index in [1.54, 1.807) is 6.07 Å². The molecule has 1 aromatic carbocycles. The van der Waals surface area contributed by atoms with Crippen molar-refractivity contribution in [2.24, 2.45) is 0 Å². The molecule has 0 unspecified atom stereocenters. The molecular formula is C12H16FNO3. The molecule has 17 heavy (non-hydrogen) atoms. The fourth-order valence-corrected chi connectivity index (χ4v) is 1.43. The highest BCUT2D eigenvalue weighted by atomic mass is 19.1. The Kier molecular flexibility index (Phi) is 5.42. The molecule has 0 fully saturated rings. The lowest BCUT2D eigenvalue weighted by atomic mass is 10.1. The van der Waals surface area contributed by atoms with Crippen molar-refractivity contribution >= 4 is 11.7 Å². The second-order valence-electron chi connectivity index (χ2n) is 3.44. The van der Waals surface area contributed by atoms with Crippen LogP contribution in [-0.4, -0.2) is 30.8 Å². The van der Waals surface area contributed by atoms with Crippen molar-refractivity contribution in [1.29, 1.82) is 0 Å². The minimum atomic E-state index is -1.27. The van der Waals surface area contributed by atoms with E-state index in [2.05, 4.69) is 5.32 Å². The van der Waals surface area contributed by atoms with Gasteiger partial charge in [-0.3, -0.25) is 0 Å². The Morgan fingerprint density at radius 2 is 2.29 bits per heavy atom. The van der Waals surface area contributed by atoms with E-state index in [1.165, 1.54) is 6.07 Å². The number of carboxylic acid groups (broad SMARTS) is 1. The van der Waals surface area contributed by atoms with Crippen LogP contribution in [-0.2, 0) is 4.74 Å². The fraction of sp³-hybridized carbons (Fsp3) is 0.417. The standard InChI is InChI=1S/C12H16FNO3/c1-2-17-8-4-7-14-10-6-3-5-9(13)11(10)12(15)16/h3,5-6,14H,2,4,7-8H2,1H3,(H,15,16). The summed E-state index contributed by atoms with van der Waals surface area (Å²) in [4.78, 5) is 10.9. The zero-order valence-corrected chi connectivity index (χ0v) is 9.70. The Hall–Kier alpha value is -1.62. The summed E-state index contributed by atoms with van der Waals surface area (Å²) in [6.45, 7) is 3.70. The van der Waals surface area contributed by atoms with Crippen LogP contribution in [0.4, 0.5) is 10.1 Å². The van der Waals surface area contributed by atoms with E-state index in [1.807, 2.05) is 6.92 Å². The monoisotopic (exact) mass is 241 g/mol. The van der Waals surface area contributed by atoms with Crippen molar-refractivity contribution < 1.29 is 19.0 Å². The molecule has 0 atom stereocenters. The number of hydrogen-bond donors (Lipinski definition) is 2. The molecule has 1 rings (SSSR count). The van der Waals surface area contributed by atoms with Crippen LogP contribution in [0.3, 0.4) is 0 Å². The quantitative estimate of drug-likeness (QED) is 0.719. The number of carbonyl (C=O) groups is 1. The molecule has 5 heteroatoms. The minimum Gasteiger partial charge on any atom is -0.478 e. The first kappa shape index (κ1) is 13.4. The number of halogens is 1. The molecule has 0 aliphatic carbocycles. The van der Waals surface area contributed by atoms with Gasteiger partial charge in [0.2, 0.25) is 0 Å². The summed E-state index contributed by atoms with van der Waals surface area (Å²) in [5.74, 6) is -2.00. The summed E-state index contributed by atoms with van der Waals surface area (Å²) in [7, 11) is 0. The highest BCUT2D eigenvalue weighted by Gasteiger charge is 2.14. The van der Waals surface area contributed by atoms with Crippen LogP contribution in [0, 0.1) is 5.82 Å². The van der Waals surface area contributed by atoms with Crippen LogP contribution in [0.15, 0.2) is 18.2 Å². The number of anilines is 1. The van der Waals surface area contributed by atoms with Crippen LogP contribution in [0.5, 0.6) is 0 Å². The highest BCUT2D eigenvalue weighted by Crippen LogP contribution is 2.18. The molecule has 2 N–H and O–H groups in total. The number of carboxylic acids is 1. The van der Waals surface area contributed by atoms with Crippen LogP contribution in [0.1, 0.15) is 23.7 Å². The average molecular weight is 241 g/mol. The zero-order valence-electron chi connectivity index (χ0n) is 9.70. The molecule has 0 aliphatic heterocycles. The molecule has 0 radical (unpaired) electrons. The largest absolute Gasteiger partial charge is 0.478 e. The summed E-state index contributed by atoms with van der Waals surface area (Å²) < 4.78 is 18.4. The van der Waals surface area contributed by atoms with Gasteiger partial charge < -0.3 is 15.2 Å². The van der Waals surface area contributed by atoms with Crippen LogP contribution >= 0.6 is 0 Å². The minimum absolute atomic E-state index is 0.300. The van der Waals surface area contributed by atoms with E-state index < -0.39 is 11.8 Å². The van der Waals surface area contributed by atoms with Crippen LogP contribution < -0.4 is 5.32 Å². The van der Waals surface area contributed by atoms with Crippen molar-refractivity contribution in [2.45, 2.75) is 13.3 Å². The van der Waals surface area contributed by atoms with E-state index in [0.717, 1.165) is 12.5 Å².